The number of sulfone groups is 1. The van der Waals surface area contributed by atoms with Crippen molar-refractivity contribution in [1.29, 1.82) is 0 Å². The third-order valence-electron chi connectivity index (χ3n) is 7.35. The van der Waals surface area contributed by atoms with E-state index in [0.717, 1.165) is 63.4 Å². The summed E-state index contributed by atoms with van der Waals surface area (Å²) in [5.74, 6) is 0. The van der Waals surface area contributed by atoms with Gasteiger partial charge >= 0.3 is 0 Å². The Kier molecular flexibility index (Phi) is 17.5. The van der Waals surface area contributed by atoms with Crippen molar-refractivity contribution in [2.75, 3.05) is 0 Å². The van der Waals surface area contributed by atoms with Crippen molar-refractivity contribution in [3.63, 3.8) is 0 Å². The Labute approximate surface area is 247 Å². The number of hydrogen-bond acceptors (Lipinski definition) is 2. The molecule has 0 aliphatic rings. The zero-order valence-electron chi connectivity index (χ0n) is 26.7. The van der Waals surface area contributed by atoms with Gasteiger partial charge in [-0.3, -0.25) is 0 Å². The maximum absolute atomic E-state index is 13.7. The smallest absolute Gasteiger partial charge is 0.185 e. The highest BCUT2D eigenvalue weighted by Gasteiger charge is 2.27. The van der Waals surface area contributed by atoms with E-state index in [2.05, 4.69) is 84.9 Å². The zero-order chi connectivity index (χ0) is 30.0. The van der Waals surface area contributed by atoms with Crippen molar-refractivity contribution in [3.8, 4) is 0 Å². The first-order valence-corrected chi connectivity index (χ1v) is 16.7. The molecule has 0 aliphatic carbocycles. The molecule has 1 unspecified atom stereocenters. The Bertz CT molecular complexity index is 1170. The van der Waals surface area contributed by atoms with Gasteiger partial charge in [0.15, 0.2) is 9.84 Å². The summed E-state index contributed by atoms with van der Waals surface area (Å²) in [6.45, 7) is 17.2. The quantitative estimate of drug-likeness (QED) is 0.166. The van der Waals surface area contributed by atoms with E-state index in [1.54, 1.807) is 12.1 Å². The molecule has 0 aromatic heterocycles. The molecule has 0 spiro atoms. The average Bonchev–Trinajstić information content (AvgIpc) is 2.89. The van der Waals surface area contributed by atoms with E-state index in [-0.39, 0.29) is 0 Å². The van der Waals surface area contributed by atoms with E-state index in [0.29, 0.717) is 11.3 Å². The van der Waals surface area contributed by atoms with Crippen LogP contribution in [0.5, 0.6) is 0 Å². The van der Waals surface area contributed by atoms with Gasteiger partial charge in [-0.2, -0.15) is 0 Å². The van der Waals surface area contributed by atoms with Gasteiger partial charge in [0, 0.05) is 0 Å². The number of hydrogen-bond donors (Lipinski definition) is 0. The first-order chi connectivity index (χ1) is 19.0. The summed E-state index contributed by atoms with van der Waals surface area (Å²) in [7, 11) is -3.48. The van der Waals surface area contributed by atoms with Gasteiger partial charge in [-0.05, 0) is 125 Å². The fourth-order valence-corrected chi connectivity index (χ4v) is 6.54. The third-order valence-corrected chi connectivity index (χ3v) is 9.59. The van der Waals surface area contributed by atoms with Crippen molar-refractivity contribution in [2.24, 2.45) is 0 Å². The van der Waals surface area contributed by atoms with E-state index in [1.165, 1.54) is 27.9 Å². The Morgan fingerprint density at radius 2 is 1.07 bits per heavy atom. The molecule has 0 saturated carbocycles. The second-order valence-electron chi connectivity index (χ2n) is 11.6. The molecule has 0 aliphatic heterocycles. The molecular formula is C37H56O2S. The minimum absolute atomic E-state index is 0.403. The standard InChI is InChI=1S/C37H56O2S/c1-9-17-31(4)20-14-21-33(6)24-16-25-35(8)37(40(38,39)36-26-11-10-12-27-36)29-28-34(7)23-15-22-32(5)19-13-18-30(2)3/h10-12,17-18,21-22,25-28,37H,9,13-16,19-20,23-24,29H2,1-8H3/b31-17+,32-22+,33-21+,34-28+,35-25+. The van der Waals surface area contributed by atoms with Crippen molar-refractivity contribution < 1.29 is 8.42 Å². The molecule has 222 valence electrons. The van der Waals surface area contributed by atoms with Crippen LogP contribution >= 0.6 is 0 Å². The van der Waals surface area contributed by atoms with E-state index in [1.807, 2.05) is 25.1 Å². The van der Waals surface area contributed by atoms with Crippen molar-refractivity contribution >= 4 is 9.84 Å². The first kappa shape index (κ1) is 35.6. The molecule has 2 nitrogen and oxygen atoms in total. The SMILES string of the molecule is CC/C=C(\C)CC/C=C(\C)CC/C=C(\C)C(C/C=C(\C)CC/C=C(\C)CCC=C(C)C)S(=O)(=O)c1ccccc1. The van der Waals surface area contributed by atoms with Gasteiger partial charge in [-0.25, -0.2) is 8.42 Å². The van der Waals surface area contributed by atoms with Crippen LogP contribution in [-0.4, -0.2) is 13.7 Å². The van der Waals surface area contributed by atoms with Crippen LogP contribution in [0, 0.1) is 0 Å². The molecule has 3 heteroatoms. The van der Waals surface area contributed by atoms with Gasteiger partial charge in [0.25, 0.3) is 0 Å². The molecule has 1 rings (SSSR count). The molecule has 1 atom stereocenters. The summed E-state index contributed by atoms with van der Waals surface area (Å²) in [6.07, 6.45) is 23.3. The summed E-state index contributed by atoms with van der Waals surface area (Å²) >= 11 is 0. The molecule has 1 aromatic rings. The predicted molar refractivity (Wildman–Crippen MR) is 177 cm³/mol. The van der Waals surface area contributed by atoms with Crippen LogP contribution in [0.1, 0.15) is 120 Å². The lowest BCUT2D eigenvalue weighted by Crippen LogP contribution is -2.22. The van der Waals surface area contributed by atoms with E-state index >= 15 is 0 Å². The van der Waals surface area contributed by atoms with Crippen LogP contribution in [0.3, 0.4) is 0 Å². The first-order valence-electron chi connectivity index (χ1n) is 15.2. The minimum atomic E-state index is -3.48. The predicted octanol–water partition coefficient (Wildman–Crippen LogP) is 11.4. The minimum Gasteiger partial charge on any atom is -0.223 e. The Morgan fingerprint density at radius 1 is 0.625 bits per heavy atom. The highest BCUT2D eigenvalue weighted by molar-refractivity contribution is 7.92. The molecule has 0 fully saturated rings. The van der Waals surface area contributed by atoms with Gasteiger partial charge < -0.3 is 0 Å². The molecule has 0 bridgehead atoms. The number of rotatable bonds is 18. The molecule has 0 heterocycles. The number of benzene rings is 1. The Morgan fingerprint density at radius 3 is 1.57 bits per heavy atom. The van der Waals surface area contributed by atoms with E-state index < -0.39 is 15.1 Å². The molecule has 1 aromatic carbocycles. The number of allylic oxidation sites excluding steroid dienone is 11. The van der Waals surface area contributed by atoms with Gasteiger partial charge in [-0.15, -0.1) is 0 Å². The normalized spacial score (nSPS) is 14.8. The summed E-state index contributed by atoms with van der Waals surface area (Å²) in [5.41, 5.74) is 7.80. The van der Waals surface area contributed by atoms with Crippen molar-refractivity contribution in [1.82, 2.24) is 0 Å². The summed E-state index contributed by atoms with van der Waals surface area (Å²) < 4.78 is 27.4. The lowest BCUT2D eigenvalue weighted by molar-refractivity contribution is 0.585. The maximum Gasteiger partial charge on any atom is 0.185 e. The summed E-state index contributed by atoms with van der Waals surface area (Å²) in [4.78, 5) is 0.403. The highest BCUT2D eigenvalue weighted by atomic mass is 32.2. The molecule has 0 saturated heterocycles. The Balaban J connectivity index is 2.92. The van der Waals surface area contributed by atoms with Gasteiger partial charge in [0.1, 0.15) is 0 Å². The van der Waals surface area contributed by atoms with Gasteiger partial charge in [-0.1, -0.05) is 95.0 Å². The second kappa shape index (κ2) is 19.6. The van der Waals surface area contributed by atoms with Crippen LogP contribution in [0.15, 0.2) is 105 Å². The van der Waals surface area contributed by atoms with Crippen molar-refractivity contribution in [2.45, 2.75) is 130 Å². The fraction of sp³-hybridized carbons (Fsp3) is 0.514. The maximum atomic E-state index is 13.7. The largest absolute Gasteiger partial charge is 0.223 e. The van der Waals surface area contributed by atoms with Crippen LogP contribution in [-0.2, 0) is 9.84 Å². The molecule has 0 N–H and O–H groups in total. The summed E-state index contributed by atoms with van der Waals surface area (Å²) in [5, 5.41) is -0.544. The Hall–Kier alpha value is -2.39. The zero-order valence-corrected chi connectivity index (χ0v) is 27.5. The van der Waals surface area contributed by atoms with Crippen LogP contribution in [0.25, 0.3) is 0 Å². The monoisotopic (exact) mass is 564 g/mol. The lowest BCUT2D eigenvalue weighted by atomic mass is 10.0. The fourth-order valence-electron chi connectivity index (χ4n) is 4.74. The topological polar surface area (TPSA) is 34.1 Å². The van der Waals surface area contributed by atoms with Crippen LogP contribution < -0.4 is 0 Å². The van der Waals surface area contributed by atoms with Crippen molar-refractivity contribution in [3.05, 3.63) is 100 Å². The van der Waals surface area contributed by atoms with E-state index in [9.17, 15) is 8.42 Å². The average molecular weight is 565 g/mol. The summed E-state index contributed by atoms with van der Waals surface area (Å²) in [6, 6.07) is 8.92. The van der Waals surface area contributed by atoms with Gasteiger partial charge in [0.05, 0.1) is 10.1 Å². The molecule has 0 amide bonds. The third kappa shape index (κ3) is 14.8. The van der Waals surface area contributed by atoms with Crippen LogP contribution in [0.4, 0.5) is 0 Å². The molecule has 40 heavy (non-hydrogen) atoms. The highest BCUT2D eigenvalue weighted by Crippen LogP contribution is 2.26. The lowest BCUT2D eigenvalue weighted by Gasteiger charge is -2.18. The molecular weight excluding hydrogens is 508 g/mol. The second-order valence-corrected chi connectivity index (χ2v) is 13.7. The van der Waals surface area contributed by atoms with E-state index in [4.69, 9.17) is 0 Å². The van der Waals surface area contributed by atoms with Crippen LogP contribution in [0.2, 0.25) is 0 Å². The molecule has 0 radical (unpaired) electrons. The van der Waals surface area contributed by atoms with Gasteiger partial charge in [0.2, 0.25) is 0 Å².